The summed E-state index contributed by atoms with van der Waals surface area (Å²) in [6.07, 6.45) is 1.28. The van der Waals surface area contributed by atoms with Gasteiger partial charge in [0.25, 0.3) is 5.56 Å². The lowest BCUT2D eigenvalue weighted by molar-refractivity contribution is 0.478. The van der Waals surface area contributed by atoms with Crippen molar-refractivity contribution < 1.29 is 4.42 Å². The van der Waals surface area contributed by atoms with Crippen LogP contribution in [0.1, 0.15) is 17.3 Å². The van der Waals surface area contributed by atoms with Gasteiger partial charge in [-0.15, -0.1) is 0 Å². The first-order valence-corrected chi connectivity index (χ1v) is 5.35. The third kappa shape index (κ3) is 2.47. The maximum atomic E-state index is 11.2. The number of aryl methyl sites for hydroxylation is 2. The number of aromatic nitrogens is 3. The van der Waals surface area contributed by atoms with Gasteiger partial charge in [0.15, 0.2) is 5.82 Å². The lowest BCUT2D eigenvalue weighted by Crippen LogP contribution is -2.11. The molecular weight excluding hydrogens is 244 g/mol. The SMILES string of the molecule is Cc1nc(CNc2nc[nH]c(=O)c2Cl)oc1C. The average Bonchev–Trinajstić information content (AvgIpc) is 2.61. The number of aromatic amines is 1. The van der Waals surface area contributed by atoms with Gasteiger partial charge in [-0.1, -0.05) is 11.6 Å². The minimum atomic E-state index is -0.385. The topological polar surface area (TPSA) is 83.8 Å². The Bertz CT molecular complexity index is 571. The number of anilines is 1. The standard InChI is InChI=1S/C10H11ClN4O2/c1-5-6(2)17-7(15-5)3-12-9-8(11)10(16)14-4-13-9/h4H,3H2,1-2H3,(H2,12,13,14,16). The Morgan fingerprint density at radius 1 is 1.53 bits per heavy atom. The van der Waals surface area contributed by atoms with Crippen molar-refractivity contribution in [2.75, 3.05) is 5.32 Å². The van der Waals surface area contributed by atoms with E-state index in [-0.39, 0.29) is 10.6 Å². The first kappa shape index (κ1) is 11.7. The van der Waals surface area contributed by atoms with E-state index in [0.717, 1.165) is 11.5 Å². The monoisotopic (exact) mass is 254 g/mol. The van der Waals surface area contributed by atoms with E-state index in [1.54, 1.807) is 0 Å². The molecule has 7 heteroatoms. The zero-order valence-corrected chi connectivity index (χ0v) is 10.1. The third-order valence-corrected chi connectivity index (χ3v) is 2.63. The van der Waals surface area contributed by atoms with Crippen molar-refractivity contribution in [3.8, 4) is 0 Å². The van der Waals surface area contributed by atoms with Gasteiger partial charge in [-0.05, 0) is 13.8 Å². The minimum Gasteiger partial charge on any atom is -0.444 e. The van der Waals surface area contributed by atoms with Crippen molar-refractivity contribution in [3.05, 3.63) is 39.0 Å². The molecule has 90 valence electrons. The van der Waals surface area contributed by atoms with Crippen molar-refractivity contribution in [1.29, 1.82) is 0 Å². The molecule has 0 bridgehead atoms. The zero-order valence-electron chi connectivity index (χ0n) is 9.37. The molecule has 0 fully saturated rings. The summed E-state index contributed by atoms with van der Waals surface area (Å²) in [5, 5.41) is 2.91. The van der Waals surface area contributed by atoms with Crippen molar-refractivity contribution in [2.24, 2.45) is 0 Å². The Morgan fingerprint density at radius 3 is 2.94 bits per heavy atom. The highest BCUT2D eigenvalue weighted by molar-refractivity contribution is 6.32. The van der Waals surface area contributed by atoms with E-state index in [2.05, 4.69) is 20.3 Å². The molecule has 0 saturated carbocycles. The van der Waals surface area contributed by atoms with Crippen LogP contribution >= 0.6 is 11.6 Å². The quantitative estimate of drug-likeness (QED) is 0.870. The molecule has 0 aliphatic rings. The molecule has 0 saturated heterocycles. The van der Waals surface area contributed by atoms with Gasteiger partial charge in [0.05, 0.1) is 18.6 Å². The average molecular weight is 255 g/mol. The molecule has 6 nitrogen and oxygen atoms in total. The highest BCUT2D eigenvalue weighted by Crippen LogP contribution is 2.14. The molecule has 17 heavy (non-hydrogen) atoms. The van der Waals surface area contributed by atoms with Crippen LogP contribution in [0.15, 0.2) is 15.5 Å². The molecule has 0 radical (unpaired) electrons. The van der Waals surface area contributed by atoms with E-state index in [0.29, 0.717) is 18.3 Å². The Balaban J connectivity index is 2.12. The molecule has 2 rings (SSSR count). The van der Waals surface area contributed by atoms with Gasteiger partial charge in [0, 0.05) is 0 Å². The summed E-state index contributed by atoms with van der Waals surface area (Å²) in [7, 11) is 0. The number of hydrogen-bond acceptors (Lipinski definition) is 5. The smallest absolute Gasteiger partial charge is 0.271 e. The first-order chi connectivity index (χ1) is 8.08. The van der Waals surface area contributed by atoms with Crippen molar-refractivity contribution in [3.63, 3.8) is 0 Å². The van der Waals surface area contributed by atoms with Gasteiger partial charge < -0.3 is 14.7 Å². The molecule has 2 aromatic heterocycles. The Labute approximate surface area is 102 Å². The number of H-pyrrole nitrogens is 1. The lowest BCUT2D eigenvalue weighted by atomic mass is 10.4. The molecule has 0 atom stereocenters. The Kier molecular flexibility index (Phi) is 3.14. The maximum absolute atomic E-state index is 11.2. The van der Waals surface area contributed by atoms with Gasteiger partial charge >= 0.3 is 0 Å². The van der Waals surface area contributed by atoms with Crippen LogP contribution in [0.5, 0.6) is 0 Å². The number of nitrogens with one attached hydrogen (secondary N) is 2. The second-order valence-electron chi connectivity index (χ2n) is 3.50. The van der Waals surface area contributed by atoms with Crippen LogP contribution in [-0.2, 0) is 6.54 Å². The Hall–Kier alpha value is -1.82. The van der Waals surface area contributed by atoms with Crippen LogP contribution in [0.4, 0.5) is 5.82 Å². The van der Waals surface area contributed by atoms with Crippen LogP contribution in [0.3, 0.4) is 0 Å². The highest BCUT2D eigenvalue weighted by Gasteiger charge is 2.08. The molecular formula is C10H11ClN4O2. The Morgan fingerprint density at radius 2 is 2.29 bits per heavy atom. The molecule has 0 aromatic carbocycles. The minimum absolute atomic E-state index is 0.0208. The summed E-state index contributed by atoms with van der Waals surface area (Å²) in [5.41, 5.74) is 0.454. The van der Waals surface area contributed by atoms with E-state index < -0.39 is 0 Å². The molecule has 0 aliphatic carbocycles. The first-order valence-electron chi connectivity index (χ1n) is 4.98. The summed E-state index contributed by atoms with van der Waals surface area (Å²) < 4.78 is 5.38. The van der Waals surface area contributed by atoms with Crippen molar-refractivity contribution >= 4 is 17.4 Å². The zero-order chi connectivity index (χ0) is 12.4. The van der Waals surface area contributed by atoms with Crippen molar-refractivity contribution in [2.45, 2.75) is 20.4 Å². The lowest BCUT2D eigenvalue weighted by Gasteiger charge is -2.03. The molecule has 2 heterocycles. The van der Waals surface area contributed by atoms with Crippen LogP contribution in [0.2, 0.25) is 5.02 Å². The van der Waals surface area contributed by atoms with Crippen LogP contribution in [0.25, 0.3) is 0 Å². The second-order valence-corrected chi connectivity index (χ2v) is 3.87. The van der Waals surface area contributed by atoms with Gasteiger partial charge in [-0.2, -0.15) is 0 Å². The largest absolute Gasteiger partial charge is 0.444 e. The van der Waals surface area contributed by atoms with Gasteiger partial charge in [-0.25, -0.2) is 9.97 Å². The molecule has 0 spiro atoms. The summed E-state index contributed by atoms with van der Waals surface area (Å²) in [6.45, 7) is 4.02. The predicted octanol–water partition coefficient (Wildman–Crippen LogP) is 1.64. The van der Waals surface area contributed by atoms with Crippen molar-refractivity contribution in [1.82, 2.24) is 15.0 Å². The number of rotatable bonds is 3. The van der Waals surface area contributed by atoms with E-state index in [4.69, 9.17) is 16.0 Å². The maximum Gasteiger partial charge on any atom is 0.271 e. The summed E-state index contributed by atoms with van der Waals surface area (Å²) in [5.74, 6) is 1.61. The van der Waals surface area contributed by atoms with Gasteiger partial charge in [0.2, 0.25) is 5.89 Å². The van der Waals surface area contributed by atoms with E-state index >= 15 is 0 Å². The van der Waals surface area contributed by atoms with Crippen LogP contribution in [0, 0.1) is 13.8 Å². The van der Waals surface area contributed by atoms with E-state index in [1.165, 1.54) is 6.33 Å². The molecule has 0 amide bonds. The van der Waals surface area contributed by atoms with Gasteiger partial charge in [0.1, 0.15) is 10.8 Å². The summed E-state index contributed by atoms with van der Waals surface area (Å²) in [6, 6.07) is 0. The fourth-order valence-electron chi connectivity index (χ4n) is 1.28. The van der Waals surface area contributed by atoms with Crippen LogP contribution in [-0.4, -0.2) is 15.0 Å². The van der Waals surface area contributed by atoms with E-state index in [9.17, 15) is 4.79 Å². The van der Waals surface area contributed by atoms with Crippen LogP contribution < -0.4 is 10.9 Å². The molecule has 0 unspecified atom stereocenters. The fraction of sp³-hybridized carbons (Fsp3) is 0.300. The predicted molar refractivity (Wildman–Crippen MR) is 63.2 cm³/mol. The molecule has 2 aromatic rings. The number of hydrogen-bond donors (Lipinski definition) is 2. The summed E-state index contributed by atoms with van der Waals surface area (Å²) in [4.78, 5) is 21.7. The molecule has 0 aliphatic heterocycles. The number of oxazole rings is 1. The number of nitrogens with zero attached hydrogens (tertiary/aromatic N) is 2. The fourth-order valence-corrected chi connectivity index (χ4v) is 1.45. The van der Waals surface area contributed by atoms with E-state index in [1.807, 2.05) is 13.8 Å². The highest BCUT2D eigenvalue weighted by atomic mass is 35.5. The third-order valence-electron chi connectivity index (χ3n) is 2.28. The number of halogens is 1. The van der Waals surface area contributed by atoms with Gasteiger partial charge in [-0.3, -0.25) is 4.79 Å². The molecule has 2 N–H and O–H groups in total. The normalized spacial score (nSPS) is 10.5. The second kappa shape index (κ2) is 4.58. The summed E-state index contributed by atoms with van der Waals surface area (Å²) >= 11 is 5.78.